The van der Waals surface area contributed by atoms with Crippen LogP contribution in [0, 0.1) is 0 Å². The normalized spacial score (nSPS) is 13.0. The van der Waals surface area contributed by atoms with Gasteiger partial charge in [-0.2, -0.15) is 0 Å². The lowest BCUT2D eigenvalue weighted by atomic mass is 9.74. The molecule has 4 heteroatoms. The standard InChI is InChI=1S/C48H55O3P/c1-45(2,3)35-20-18-31-26-38(40(47(7,8)9)28-33(31)24-35)43-37(30-16-14-13-15-17-30)22-23-42(51-52(49)50)44(43)39-27-32-19-21-36(46(4,5)6)25-34(32)29-41(39)48(10,11)12/h13-29,49-50H,1-12H3. The van der Waals surface area contributed by atoms with Gasteiger partial charge < -0.3 is 14.3 Å². The van der Waals surface area contributed by atoms with Gasteiger partial charge in [-0.25, -0.2) is 0 Å². The highest BCUT2D eigenvalue weighted by Gasteiger charge is 2.30. The monoisotopic (exact) mass is 710 g/mol. The molecule has 3 nitrogen and oxygen atoms in total. The first-order valence-electron chi connectivity index (χ1n) is 18.4. The Labute approximate surface area is 312 Å². The van der Waals surface area contributed by atoms with Crippen molar-refractivity contribution in [2.24, 2.45) is 0 Å². The molecule has 52 heavy (non-hydrogen) atoms. The molecular weight excluding hydrogens is 655 g/mol. The van der Waals surface area contributed by atoms with Crippen LogP contribution in [0.4, 0.5) is 0 Å². The van der Waals surface area contributed by atoms with Crippen molar-refractivity contribution in [2.45, 2.75) is 105 Å². The minimum atomic E-state index is -2.69. The lowest BCUT2D eigenvalue weighted by Crippen LogP contribution is -2.15. The minimum Gasteiger partial charge on any atom is -0.426 e. The zero-order valence-corrected chi connectivity index (χ0v) is 34.0. The van der Waals surface area contributed by atoms with Gasteiger partial charge in [0.15, 0.2) is 0 Å². The smallest absolute Gasteiger partial charge is 0.391 e. The van der Waals surface area contributed by atoms with E-state index in [1.165, 1.54) is 27.5 Å². The number of hydrogen-bond donors (Lipinski definition) is 2. The summed E-state index contributed by atoms with van der Waals surface area (Å²) < 4.78 is 6.04. The highest BCUT2D eigenvalue weighted by molar-refractivity contribution is 7.39. The van der Waals surface area contributed by atoms with E-state index in [-0.39, 0.29) is 21.7 Å². The molecule has 0 fully saturated rings. The van der Waals surface area contributed by atoms with Crippen molar-refractivity contribution in [3.8, 4) is 39.1 Å². The molecule has 0 unspecified atom stereocenters. The Balaban J connectivity index is 1.82. The van der Waals surface area contributed by atoms with Gasteiger partial charge >= 0.3 is 8.60 Å². The van der Waals surface area contributed by atoms with Crippen LogP contribution in [0.1, 0.15) is 105 Å². The summed E-state index contributed by atoms with van der Waals surface area (Å²) in [5.74, 6) is 0.449. The van der Waals surface area contributed by atoms with E-state index in [0.717, 1.165) is 49.7 Å². The lowest BCUT2D eigenvalue weighted by Gasteiger charge is -2.30. The summed E-state index contributed by atoms with van der Waals surface area (Å²) in [6.07, 6.45) is 0. The van der Waals surface area contributed by atoms with Crippen LogP contribution in [0.15, 0.2) is 103 Å². The Morgan fingerprint density at radius 2 is 0.885 bits per heavy atom. The summed E-state index contributed by atoms with van der Waals surface area (Å²) in [4.78, 5) is 20.9. The highest BCUT2D eigenvalue weighted by atomic mass is 31.2. The van der Waals surface area contributed by atoms with Crippen molar-refractivity contribution in [3.05, 3.63) is 125 Å². The van der Waals surface area contributed by atoms with Crippen LogP contribution in [0.2, 0.25) is 0 Å². The summed E-state index contributed by atoms with van der Waals surface area (Å²) in [7, 11) is -2.69. The predicted octanol–water partition coefficient (Wildman–Crippen LogP) is 13.8. The van der Waals surface area contributed by atoms with E-state index in [2.05, 4.69) is 174 Å². The predicted molar refractivity (Wildman–Crippen MR) is 225 cm³/mol. The van der Waals surface area contributed by atoms with E-state index < -0.39 is 8.60 Å². The van der Waals surface area contributed by atoms with E-state index in [4.69, 9.17) is 4.52 Å². The van der Waals surface area contributed by atoms with Crippen molar-refractivity contribution in [3.63, 3.8) is 0 Å². The molecule has 0 aromatic heterocycles. The maximum absolute atomic E-state index is 10.4. The van der Waals surface area contributed by atoms with Crippen LogP contribution in [0.25, 0.3) is 54.9 Å². The third-order valence-electron chi connectivity index (χ3n) is 10.3. The molecule has 0 heterocycles. The van der Waals surface area contributed by atoms with Crippen LogP contribution in [0.3, 0.4) is 0 Å². The molecule has 0 saturated carbocycles. The SMILES string of the molecule is CC(C)(C)c1ccc2cc(-c3c(OP(O)O)ccc(-c4ccccc4)c3-c3cc4ccc(C(C)(C)C)cc4cc3C(C)(C)C)c(C(C)(C)C)cc2c1. The summed E-state index contributed by atoms with van der Waals surface area (Å²) in [5.41, 5.74) is 10.7. The molecule has 0 aliphatic rings. The lowest BCUT2D eigenvalue weighted by molar-refractivity contribution is 0.375. The van der Waals surface area contributed by atoms with Crippen molar-refractivity contribution >= 4 is 30.1 Å². The average Bonchev–Trinajstić information content (AvgIpc) is 3.05. The van der Waals surface area contributed by atoms with E-state index in [9.17, 15) is 9.79 Å². The Morgan fingerprint density at radius 1 is 0.423 bits per heavy atom. The third kappa shape index (κ3) is 7.56. The van der Waals surface area contributed by atoms with Crippen LogP contribution in [-0.2, 0) is 21.7 Å². The van der Waals surface area contributed by atoms with E-state index in [1.54, 1.807) is 0 Å². The second kappa shape index (κ2) is 13.4. The number of fused-ring (bicyclic) bond motifs is 2. The Bertz CT molecular complexity index is 2270. The number of hydrogen-bond acceptors (Lipinski definition) is 3. The molecule has 6 aromatic rings. The first-order valence-corrected chi connectivity index (χ1v) is 19.6. The second-order valence-corrected chi connectivity index (χ2v) is 19.2. The quantitative estimate of drug-likeness (QED) is 0.175. The molecule has 0 atom stereocenters. The zero-order valence-electron chi connectivity index (χ0n) is 33.1. The van der Waals surface area contributed by atoms with Crippen LogP contribution >= 0.6 is 8.60 Å². The molecule has 0 amide bonds. The Kier molecular flexibility index (Phi) is 9.75. The van der Waals surface area contributed by atoms with E-state index in [0.29, 0.717) is 5.75 Å². The largest absolute Gasteiger partial charge is 0.426 e. The highest BCUT2D eigenvalue weighted by Crippen LogP contribution is 2.53. The fraction of sp³-hybridized carbons (Fsp3) is 0.333. The van der Waals surface area contributed by atoms with Crippen molar-refractivity contribution in [1.29, 1.82) is 0 Å². The van der Waals surface area contributed by atoms with Gasteiger partial charge in [0, 0.05) is 11.1 Å². The number of rotatable bonds is 5. The summed E-state index contributed by atoms with van der Waals surface area (Å²) >= 11 is 0. The van der Waals surface area contributed by atoms with Crippen molar-refractivity contribution in [1.82, 2.24) is 0 Å². The van der Waals surface area contributed by atoms with E-state index >= 15 is 0 Å². The molecule has 0 radical (unpaired) electrons. The third-order valence-corrected chi connectivity index (χ3v) is 10.6. The van der Waals surface area contributed by atoms with Crippen molar-refractivity contribution < 1.29 is 14.3 Å². The molecular formula is C48H55O3P. The van der Waals surface area contributed by atoms with Gasteiger partial charge in [0.1, 0.15) is 5.75 Å². The average molecular weight is 711 g/mol. The molecule has 6 rings (SSSR count). The van der Waals surface area contributed by atoms with Crippen molar-refractivity contribution in [2.75, 3.05) is 0 Å². The maximum Gasteiger partial charge on any atom is 0.391 e. The molecule has 0 aliphatic heterocycles. The Morgan fingerprint density at radius 3 is 1.31 bits per heavy atom. The molecule has 6 aromatic carbocycles. The summed E-state index contributed by atoms with van der Waals surface area (Å²) in [6, 6.07) is 37.4. The first kappa shape index (κ1) is 37.7. The molecule has 0 spiro atoms. The molecule has 0 aliphatic carbocycles. The van der Waals surface area contributed by atoms with Gasteiger partial charge in [-0.05, 0) is 118 Å². The zero-order chi connectivity index (χ0) is 38.0. The van der Waals surface area contributed by atoms with Gasteiger partial charge in [0.2, 0.25) is 0 Å². The molecule has 270 valence electrons. The Hall–Kier alpha value is -4.01. The topological polar surface area (TPSA) is 49.7 Å². The van der Waals surface area contributed by atoms with Gasteiger partial charge in [-0.3, -0.25) is 0 Å². The minimum absolute atomic E-state index is 0.0134. The van der Waals surface area contributed by atoms with Gasteiger partial charge in [-0.1, -0.05) is 156 Å². The first-order chi connectivity index (χ1) is 24.1. The van der Waals surface area contributed by atoms with Crippen LogP contribution in [0.5, 0.6) is 5.75 Å². The van der Waals surface area contributed by atoms with Gasteiger partial charge in [0.25, 0.3) is 0 Å². The van der Waals surface area contributed by atoms with Crippen LogP contribution in [-0.4, -0.2) is 9.79 Å². The van der Waals surface area contributed by atoms with Crippen LogP contribution < -0.4 is 4.52 Å². The maximum atomic E-state index is 10.4. The fourth-order valence-corrected chi connectivity index (χ4v) is 7.66. The molecule has 0 bridgehead atoms. The number of benzene rings is 6. The molecule has 0 saturated heterocycles. The second-order valence-electron chi connectivity index (χ2n) is 18.5. The molecule has 2 N–H and O–H groups in total. The summed E-state index contributed by atoms with van der Waals surface area (Å²) in [5, 5.41) is 4.67. The van der Waals surface area contributed by atoms with Gasteiger partial charge in [0.05, 0.1) is 0 Å². The van der Waals surface area contributed by atoms with E-state index in [1.807, 2.05) is 12.1 Å². The summed E-state index contributed by atoms with van der Waals surface area (Å²) in [6.45, 7) is 27.1. The fourth-order valence-electron chi connectivity index (χ4n) is 7.34. The van der Waals surface area contributed by atoms with Gasteiger partial charge in [-0.15, -0.1) is 0 Å².